The van der Waals surface area contributed by atoms with Crippen LogP contribution < -0.4 is 5.73 Å². The maximum atomic E-state index is 5.98. The third kappa shape index (κ3) is 3.19. The van der Waals surface area contributed by atoms with Gasteiger partial charge in [0.2, 0.25) is 0 Å². The summed E-state index contributed by atoms with van der Waals surface area (Å²) in [5.74, 6) is 1.33. The normalized spacial score (nSPS) is 17.4. The first-order chi connectivity index (χ1) is 4.63. The molecule has 0 spiro atoms. The first-order valence-electron chi connectivity index (χ1n) is 3.95. The van der Waals surface area contributed by atoms with Crippen molar-refractivity contribution in [2.45, 2.75) is 33.2 Å². The second-order valence-electron chi connectivity index (χ2n) is 3.14. The second kappa shape index (κ2) is 5.35. The Morgan fingerprint density at radius 2 is 1.90 bits per heavy atom. The summed E-state index contributed by atoms with van der Waals surface area (Å²) in [5, 5.41) is 0. The molecular formula is C8H18IN. The van der Waals surface area contributed by atoms with E-state index in [4.69, 9.17) is 5.73 Å². The van der Waals surface area contributed by atoms with Gasteiger partial charge < -0.3 is 5.73 Å². The van der Waals surface area contributed by atoms with E-state index >= 15 is 0 Å². The lowest BCUT2D eigenvalue weighted by molar-refractivity contribution is 0.364. The quantitative estimate of drug-likeness (QED) is 0.606. The van der Waals surface area contributed by atoms with Crippen LogP contribution in [-0.4, -0.2) is 10.5 Å². The van der Waals surface area contributed by atoms with Gasteiger partial charge in [-0.2, -0.15) is 0 Å². The van der Waals surface area contributed by atoms with Crippen molar-refractivity contribution < 1.29 is 0 Å². The van der Waals surface area contributed by atoms with Crippen molar-refractivity contribution in [3.05, 3.63) is 0 Å². The molecule has 0 heterocycles. The molecule has 2 atom stereocenters. The first kappa shape index (κ1) is 10.7. The smallest absolute Gasteiger partial charge is 0.00975 e. The third-order valence-electron chi connectivity index (χ3n) is 2.04. The fourth-order valence-electron chi connectivity index (χ4n) is 1.03. The van der Waals surface area contributed by atoms with Crippen LogP contribution in [0.1, 0.15) is 27.2 Å². The highest BCUT2D eigenvalue weighted by Gasteiger charge is 2.17. The molecule has 62 valence electrons. The zero-order valence-corrected chi connectivity index (χ0v) is 9.26. The van der Waals surface area contributed by atoms with Gasteiger partial charge in [0.1, 0.15) is 0 Å². The molecule has 2 N–H and O–H groups in total. The van der Waals surface area contributed by atoms with E-state index in [9.17, 15) is 0 Å². The van der Waals surface area contributed by atoms with Gasteiger partial charge in [0, 0.05) is 10.5 Å². The van der Waals surface area contributed by atoms with Crippen LogP contribution in [0.2, 0.25) is 0 Å². The summed E-state index contributed by atoms with van der Waals surface area (Å²) in [6, 6.07) is 0.391. The van der Waals surface area contributed by atoms with Crippen molar-refractivity contribution in [2.24, 2.45) is 17.6 Å². The molecule has 1 nitrogen and oxygen atoms in total. The highest BCUT2D eigenvalue weighted by Crippen LogP contribution is 2.16. The van der Waals surface area contributed by atoms with Gasteiger partial charge in [0.05, 0.1) is 0 Å². The number of hydrogen-bond acceptors (Lipinski definition) is 1. The highest BCUT2D eigenvalue weighted by atomic mass is 127. The van der Waals surface area contributed by atoms with Crippen LogP contribution in [-0.2, 0) is 0 Å². The summed E-state index contributed by atoms with van der Waals surface area (Å²) >= 11 is 2.42. The molecule has 0 fully saturated rings. The van der Waals surface area contributed by atoms with Gasteiger partial charge in [-0.25, -0.2) is 0 Å². The van der Waals surface area contributed by atoms with Crippen LogP contribution in [0.4, 0.5) is 0 Å². The fraction of sp³-hybridized carbons (Fsp3) is 1.00. The third-order valence-corrected chi connectivity index (χ3v) is 3.17. The Morgan fingerprint density at radius 3 is 2.00 bits per heavy atom. The van der Waals surface area contributed by atoms with Crippen LogP contribution in [0, 0.1) is 11.8 Å². The molecule has 0 saturated heterocycles. The summed E-state index contributed by atoms with van der Waals surface area (Å²) in [4.78, 5) is 0. The number of rotatable bonds is 4. The van der Waals surface area contributed by atoms with Crippen LogP contribution >= 0.6 is 22.6 Å². The van der Waals surface area contributed by atoms with E-state index in [2.05, 4.69) is 43.4 Å². The average Bonchev–Trinajstić information content (AvgIpc) is 1.90. The fourth-order valence-corrected chi connectivity index (χ4v) is 2.24. The van der Waals surface area contributed by atoms with Crippen molar-refractivity contribution in [2.75, 3.05) is 4.43 Å². The number of hydrogen-bond donors (Lipinski definition) is 1. The Bertz CT molecular complexity index is 79.3. The van der Waals surface area contributed by atoms with Gasteiger partial charge in [-0.1, -0.05) is 49.8 Å². The van der Waals surface area contributed by atoms with Crippen LogP contribution in [0.15, 0.2) is 0 Å². The summed E-state index contributed by atoms with van der Waals surface area (Å²) < 4.78 is 1.19. The number of alkyl halides is 1. The van der Waals surface area contributed by atoms with Crippen LogP contribution in [0.3, 0.4) is 0 Å². The van der Waals surface area contributed by atoms with Crippen molar-refractivity contribution >= 4 is 22.6 Å². The molecule has 2 heteroatoms. The molecule has 0 aromatic heterocycles. The van der Waals surface area contributed by atoms with E-state index in [-0.39, 0.29) is 0 Å². The standard InChI is InChI=1S/C8H18IN/c1-4-7(5-9)8(10)6(2)3/h6-8H,4-5,10H2,1-3H3. The zero-order chi connectivity index (χ0) is 8.15. The van der Waals surface area contributed by atoms with Crippen LogP contribution in [0.25, 0.3) is 0 Å². The minimum absolute atomic E-state index is 0.391. The SMILES string of the molecule is CCC(CI)C(N)C(C)C. The molecule has 2 unspecified atom stereocenters. The molecule has 0 saturated carbocycles. The molecule has 0 amide bonds. The van der Waals surface area contributed by atoms with Gasteiger partial charge in [0.25, 0.3) is 0 Å². The van der Waals surface area contributed by atoms with Gasteiger partial charge in [-0.15, -0.1) is 0 Å². The summed E-state index contributed by atoms with van der Waals surface area (Å²) in [6.07, 6.45) is 1.21. The van der Waals surface area contributed by atoms with E-state index in [1.165, 1.54) is 10.8 Å². The molecule has 0 aliphatic heterocycles. The Labute approximate surface area is 77.9 Å². The molecule has 0 bridgehead atoms. The highest BCUT2D eigenvalue weighted by molar-refractivity contribution is 14.1. The van der Waals surface area contributed by atoms with E-state index in [0.717, 1.165) is 0 Å². The van der Waals surface area contributed by atoms with E-state index in [1.54, 1.807) is 0 Å². The van der Waals surface area contributed by atoms with Crippen molar-refractivity contribution in [3.63, 3.8) is 0 Å². The minimum Gasteiger partial charge on any atom is -0.327 e. The monoisotopic (exact) mass is 255 g/mol. The maximum absolute atomic E-state index is 5.98. The van der Waals surface area contributed by atoms with Crippen molar-refractivity contribution in [1.82, 2.24) is 0 Å². The Hall–Kier alpha value is 0.690. The summed E-state index contributed by atoms with van der Waals surface area (Å²) in [5.41, 5.74) is 5.98. The largest absolute Gasteiger partial charge is 0.327 e. The van der Waals surface area contributed by atoms with Crippen LogP contribution in [0.5, 0.6) is 0 Å². The first-order valence-corrected chi connectivity index (χ1v) is 5.47. The Morgan fingerprint density at radius 1 is 1.40 bits per heavy atom. The lowest BCUT2D eigenvalue weighted by Gasteiger charge is -2.23. The van der Waals surface area contributed by atoms with Gasteiger partial charge in [0.15, 0.2) is 0 Å². The van der Waals surface area contributed by atoms with E-state index in [1.807, 2.05) is 0 Å². The molecule has 0 aliphatic carbocycles. The second-order valence-corrected chi connectivity index (χ2v) is 4.02. The van der Waals surface area contributed by atoms with Crippen molar-refractivity contribution in [3.8, 4) is 0 Å². The molecule has 0 radical (unpaired) electrons. The summed E-state index contributed by atoms with van der Waals surface area (Å²) in [7, 11) is 0. The number of halogens is 1. The van der Waals surface area contributed by atoms with Gasteiger partial charge in [-0.3, -0.25) is 0 Å². The Balaban J connectivity index is 3.76. The van der Waals surface area contributed by atoms with Gasteiger partial charge in [-0.05, 0) is 11.8 Å². The van der Waals surface area contributed by atoms with E-state index in [0.29, 0.717) is 17.9 Å². The molecule has 0 aliphatic rings. The molecule has 0 rings (SSSR count). The number of nitrogens with two attached hydrogens (primary N) is 1. The maximum Gasteiger partial charge on any atom is 0.00975 e. The average molecular weight is 255 g/mol. The topological polar surface area (TPSA) is 26.0 Å². The predicted molar refractivity (Wildman–Crippen MR) is 55.5 cm³/mol. The van der Waals surface area contributed by atoms with E-state index < -0.39 is 0 Å². The molecular weight excluding hydrogens is 237 g/mol. The Kier molecular flexibility index (Phi) is 5.72. The molecule has 0 aromatic rings. The molecule has 10 heavy (non-hydrogen) atoms. The zero-order valence-electron chi connectivity index (χ0n) is 7.10. The summed E-state index contributed by atoms with van der Waals surface area (Å²) in [6.45, 7) is 6.60. The molecule has 0 aromatic carbocycles. The van der Waals surface area contributed by atoms with Crippen molar-refractivity contribution in [1.29, 1.82) is 0 Å². The minimum atomic E-state index is 0.391. The lowest BCUT2D eigenvalue weighted by Crippen LogP contribution is -2.35. The lowest BCUT2D eigenvalue weighted by atomic mass is 9.91. The predicted octanol–water partition coefficient (Wildman–Crippen LogP) is 2.43. The van der Waals surface area contributed by atoms with Gasteiger partial charge >= 0.3 is 0 Å².